The molecular weight excluding hydrogens is 399 g/mol. The van der Waals surface area contributed by atoms with Gasteiger partial charge in [-0.1, -0.05) is 0 Å². The number of benzene rings is 1. The third-order valence-corrected chi connectivity index (χ3v) is 4.75. The molecule has 158 valence electrons. The molecule has 0 saturated heterocycles. The van der Waals surface area contributed by atoms with E-state index in [1.807, 2.05) is 19.1 Å². The first-order valence-electron chi connectivity index (χ1n) is 9.79. The summed E-state index contributed by atoms with van der Waals surface area (Å²) in [5.41, 5.74) is 3.81. The SMILES string of the molecule is CCNC(=O)Nc1nc2cc(-c3cncc(C(C)O)c3)cc(-c3ncccc3F)c2[nH]1. The van der Waals surface area contributed by atoms with Crippen LogP contribution in [0.1, 0.15) is 25.5 Å². The molecule has 0 saturated carbocycles. The molecule has 3 aromatic heterocycles. The molecule has 0 aliphatic carbocycles. The number of halogens is 1. The van der Waals surface area contributed by atoms with Gasteiger partial charge in [0.25, 0.3) is 0 Å². The molecule has 2 amide bonds. The van der Waals surface area contributed by atoms with Crippen LogP contribution in [0.15, 0.2) is 48.9 Å². The number of H-pyrrole nitrogens is 1. The van der Waals surface area contributed by atoms with E-state index in [2.05, 4.69) is 30.6 Å². The topological polar surface area (TPSA) is 116 Å². The number of aromatic nitrogens is 4. The van der Waals surface area contributed by atoms with Crippen LogP contribution in [0.5, 0.6) is 0 Å². The first-order chi connectivity index (χ1) is 15.0. The molecule has 0 aliphatic heterocycles. The van der Waals surface area contributed by atoms with E-state index in [0.29, 0.717) is 28.7 Å². The van der Waals surface area contributed by atoms with Gasteiger partial charge in [-0.25, -0.2) is 14.2 Å². The number of nitrogens with zero attached hydrogens (tertiary/aromatic N) is 3. The lowest BCUT2D eigenvalue weighted by atomic mass is 9.99. The van der Waals surface area contributed by atoms with Gasteiger partial charge in [0, 0.05) is 36.3 Å². The van der Waals surface area contributed by atoms with Crippen molar-refractivity contribution in [1.82, 2.24) is 25.3 Å². The second kappa shape index (κ2) is 8.49. The highest BCUT2D eigenvalue weighted by Crippen LogP contribution is 2.34. The smallest absolute Gasteiger partial charge is 0.321 e. The Morgan fingerprint density at radius 1 is 1.26 bits per heavy atom. The minimum atomic E-state index is -0.679. The molecule has 1 atom stereocenters. The Hall–Kier alpha value is -3.85. The van der Waals surface area contributed by atoms with E-state index < -0.39 is 18.0 Å². The lowest BCUT2D eigenvalue weighted by molar-refractivity contribution is 0.199. The van der Waals surface area contributed by atoms with Crippen molar-refractivity contribution in [2.75, 3.05) is 11.9 Å². The van der Waals surface area contributed by atoms with Gasteiger partial charge < -0.3 is 15.4 Å². The average Bonchev–Trinajstić information content (AvgIpc) is 3.16. The second-order valence-corrected chi connectivity index (χ2v) is 7.00. The summed E-state index contributed by atoms with van der Waals surface area (Å²) >= 11 is 0. The van der Waals surface area contributed by atoms with Crippen molar-refractivity contribution in [2.45, 2.75) is 20.0 Å². The van der Waals surface area contributed by atoms with E-state index in [9.17, 15) is 14.3 Å². The number of rotatable bonds is 5. The number of aromatic amines is 1. The number of imidazole rings is 1. The van der Waals surface area contributed by atoms with Crippen LogP contribution in [0.4, 0.5) is 15.1 Å². The summed E-state index contributed by atoms with van der Waals surface area (Å²) in [5, 5.41) is 15.2. The summed E-state index contributed by atoms with van der Waals surface area (Å²) < 4.78 is 14.6. The van der Waals surface area contributed by atoms with Crippen LogP contribution in [0.3, 0.4) is 0 Å². The summed E-state index contributed by atoms with van der Waals surface area (Å²) in [6, 6.07) is 7.86. The van der Waals surface area contributed by atoms with Gasteiger partial charge in [0.15, 0.2) is 0 Å². The van der Waals surface area contributed by atoms with Gasteiger partial charge in [-0.15, -0.1) is 0 Å². The fourth-order valence-corrected chi connectivity index (χ4v) is 3.27. The number of aliphatic hydroxyl groups is 1. The van der Waals surface area contributed by atoms with Gasteiger partial charge in [-0.05, 0) is 55.3 Å². The maximum absolute atomic E-state index is 14.6. The molecule has 0 bridgehead atoms. The minimum absolute atomic E-state index is 0.155. The first kappa shape index (κ1) is 20.4. The predicted octanol–water partition coefficient (Wildman–Crippen LogP) is 4.02. The summed E-state index contributed by atoms with van der Waals surface area (Å²) in [5.74, 6) is -0.254. The van der Waals surface area contributed by atoms with Gasteiger partial charge in [-0.2, -0.15) is 0 Å². The number of nitrogens with one attached hydrogen (secondary N) is 3. The number of carbonyl (C=O) groups is 1. The fraction of sp³-hybridized carbons (Fsp3) is 0.182. The number of hydrogen-bond donors (Lipinski definition) is 4. The van der Waals surface area contributed by atoms with Crippen molar-refractivity contribution >= 4 is 23.0 Å². The molecule has 0 spiro atoms. The van der Waals surface area contributed by atoms with Crippen LogP contribution in [0.2, 0.25) is 0 Å². The Kier molecular flexibility index (Phi) is 5.59. The number of pyridine rings is 2. The molecule has 9 heteroatoms. The highest BCUT2D eigenvalue weighted by Gasteiger charge is 2.17. The van der Waals surface area contributed by atoms with Gasteiger partial charge >= 0.3 is 6.03 Å². The Labute approximate surface area is 177 Å². The average molecular weight is 420 g/mol. The normalized spacial score (nSPS) is 12.0. The molecule has 0 radical (unpaired) electrons. The first-order valence-corrected chi connectivity index (χ1v) is 9.79. The Morgan fingerprint density at radius 3 is 2.84 bits per heavy atom. The molecule has 1 unspecified atom stereocenters. The number of carbonyl (C=O) groups excluding carboxylic acids is 1. The predicted molar refractivity (Wildman–Crippen MR) is 116 cm³/mol. The highest BCUT2D eigenvalue weighted by molar-refractivity contribution is 5.98. The number of fused-ring (bicyclic) bond motifs is 1. The summed E-state index contributed by atoms with van der Waals surface area (Å²) in [6.45, 7) is 3.93. The zero-order valence-electron chi connectivity index (χ0n) is 17.0. The lowest BCUT2D eigenvalue weighted by Crippen LogP contribution is -2.28. The molecule has 4 aromatic rings. The molecule has 8 nitrogen and oxygen atoms in total. The maximum Gasteiger partial charge on any atom is 0.321 e. The monoisotopic (exact) mass is 420 g/mol. The van der Waals surface area contributed by atoms with E-state index in [4.69, 9.17) is 0 Å². The Balaban J connectivity index is 1.90. The third-order valence-electron chi connectivity index (χ3n) is 4.75. The molecular formula is C22H21FN6O2. The minimum Gasteiger partial charge on any atom is -0.389 e. The van der Waals surface area contributed by atoms with Crippen LogP contribution in [0, 0.1) is 5.82 Å². The molecule has 0 fully saturated rings. The van der Waals surface area contributed by atoms with Crippen molar-refractivity contribution in [3.8, 4) is 22.4 Å². The van der Waals surface area contributed by atoms with Crippen LogP contribution in [0.25, 0.3) is 33.4 Å². The summed E-state index contributed by atoms with van der Waals surface area (Å²) in [6.07, 6.45) is 4.08. The standard InChI is InChI=1S/C22H21FN6O2/c1-3-25-22(31)29-21-27-18-9-13(15-7-14(12(2)30)10-24-11-15)8-16(20(18)28-21)19-17(23)5-4-6-26-19/h4-12,30H,3H2,1-2H3,(H3,25,27,28,29,31). The van der Waals surface area contributed by atoms with Crippen LogP contribution in [-0.2, 0) is 0 Å². The molecule has 3 heterocycles. The largest absolute Gasteiger partial charge is 0.389 e. The fourth-order valence-electron chi connectivity index (χ4n) is 3.27. The van der Waals surface area contributed by atoms with Crippen molar-refractivity contribution < 1.29 is 14.3 Å². The number of anilines is 1. The lowest BCUT2D eigenvalue weighted by Gasteiger charge is -2.10. The van der Waals surface area contributed by atoms with Gasteiger partial charge in [-0.3, -0.25) is 15.3 Å². The number of urea groups is 1. The molecule has 1 aromatic carbocycles. The van der Waals surface area contributed by atoms with Crippen molar-refractivity contribution in [3.05, 3.63) is 60.3 Å². The zero-order valence-corrected chi connectivity index (χ0v) is 17.0. The zero-order chi connectivity index (χ0) is 22.0. The molecule has 0 aliphatic rings. The van der Waals surface area contributed by atoms with E-state index in [1.54, 1.807) is 25.4 Å². The van der Waals surface area contributed by atoms with Crippen LogP contribution in [-0.4, -0.2) is 37.6 Å². The number of hydrogen-bond acceptors (Lipinski definition) is 5. The van der Waals surface area contributed by atoms with Gasteiger partial charge in [0.1, 0.15) is 11.5 Å². The second-order valence-electron chi connectivity index (χ2n) is 7.00. The summed E-state index contributed by atoms with van der Waals surface area (Å²) in [4.78, 5) is 27.8. The van der Waals surface area contributed by atoms with E-state index in [-0.39, 0.29) is 11.6 Å². The number of amides is 2. The van der Waals surface area contributed by atoms with Crippen molar-refractivity contribution in [2.24, 2.45) is 0 Å². The quantitative estimate of drug-likeness (QED) is 0.389. The molecule has 31 heavy (non-hydrogen) atoms. The third kappa shape index (κ3) is 4.22. The Bertz CT molecular complexity index is 1250. The highest BCUT2D eigenvalue weighted by atomic mass is 19.1. The Morgan fingerprint density at radius 2 is 2.10 bits per heavy atom. The van der Waals surface area contributed by atoms with E-state index in [1.165, 1.54) is 18.3 Å². The number of aliphatic hydroxyl groups excluding tert-OH is 1. The summed E-state index contributed by atoms with van der Waals surface area (Å²) in [7, 11) is 0. The van der Waals surface area contributed by atoms with Crippen molar-refractivity contribution in [1.29, 1.82) is 0 Å². The van der Waals surface area contributed by atoms with Crippen LogP contribution >= 0.6 is 0 Å². The van der Waals surface area contributed by atoms with Gasteiger partial charge in [0.2, 0.25) is 5.95 Å². The molecule has 4 rings (SSSR count). The van der Waals surface area contributed by atoms with Gasteiger partial charge in [0.05, 0.1) is 17.1 Å². The van der Waals surface area contributed by atoms with Crippen molar-refractivity contribution in [3.63, 3.8) is 0 Å². The molecule has 4 N–H and O–H groups in total. The van der Waals surface area contributed by atoms with Crippen LogP contribution < -0.4 is 10.6 Å². The maximum atomic E-state index is 14.6. The van der Waals surface area contributed by atoms with E-state index in [0.717, 1.165) is 11.1 Å². The van der Waals surface area contributed by atoms with E-state index >= 15 is 0 Å².